The summed E-state index contributed by atoms with van der Waals surface area (Å²) in [6.07, 6.45) is 2.32. The van der Waals surface area contributed by atoms with Crippen LogP contribution in [-0.4, -0.2) is 11.9 Å². The van der Waals surface area contributed by atoms with E-state index in [4.69, 9.17) is 5.73 Å². The Morgan fingerprint density at radius 3 is 2.94 bits per heavy atom. The second-order valence-corrected chi connectivity index (χ2v) is 6.40. The Hall–Kier alpha value is -0.390. The van der Waals surface area contributed by atoms with Crippen LogP contribution in [0, 0.1) is 0 Å². The lowest BCUT2D eigenvalue weighted by Gasteiger charge is -2.05. The van der Waals surface area contributed by atoms with Crippen molar-refractivity contribution in [2.45, 2.75) is 38.8 Å². The lowest BCUT2D eigenvalue weighted by molar-refractivity contribution is -0.121. The van der Waals surface area contributed by atoms with Crippen LogP contribution in [0.1, 0.15) is 31.1 Å². The van der Waals surface area contributed by atoms with E-state index in [1.54, 1.807) is 11.3 Å². The van der Waals surface area contributed by atoms with Crippen LogP contribution in [0.15, 0.2) is 15.9 Å². The van der Waals surface area contributed by atoms with Gasteiger partial charge in [0.05, 0.1) is 10.3 Å². The summed E-state index contributed by atoms with van der Waals surface area (Å²) in [5.74, 6) is 0.102. The third-order valence-corrected chi connectivity index (χ3v) is 3.78. The Labute approximate surface area is 109 Å². The van der Waals surface area contributed by atoms with Crippen LogP contribution in [0.3, 0.4) is 0 Å². The first kappa shape index (κ1) is 13.7. The molecule has 0 radical (unpaired) electrons. The van der Waals surface area contributed by atoms with Gasteiger partial charge in [-0.1, -0.05) is 0 Å². The molecule has 1 amide bonds. The largest absolute Gasteiger partial charge is 0.351 e. The van der Waals surface area contributed by atoms with E-state index in [0.717, 1.165) is 21.5 Å². The van der Waals surface area contributed by atoms with Gasteiger partial charge in [0.2, 0.25) is 5.91 Å². The smallest absolute Gasteiger partial charge is 0.220 e. The third kappa shape index (κ3) is 5.63. The van der Waals surface area contributed by atoms with E-state index in [-0.39, 0.29) is 11.9 Å². The molecule has 0 bridgehead atoms. The van der Waals surface area contributed by atoms with E-state index in [1.807, 2.05) is 19.1 Å². The average molecular weight is 305 g/mol. The first-order valence-electron chi connectivity index (χ1n) is 5.34. The van der Waals surface area contributed by atoms with E-state index in [2.05, 4.69) is 21.2 Å². The molecule has 5 heteroatoms. The molecule has 0 fully saturated rings. The predicted molar refractivity (Wildman–Crippen MR) is 71.4 cm³/mol. The summed E-state index contributed by atoms with van der Waals surface area (Å²) in [5.41, 5.74) is 5.61. The highest BCUT2D eigenvalue weighted by atomic mass is 79.9. The molecule has 1 unspecified atom stereocenters. The minimum atomic E-state index is 0.102. The van der Waals surface area contributed by atoms with Gasteiger partial charge in [0.25, 0.3) is 0 Å². The van der Waals surface area contributed by atoms with Crippen molar-refractivity contribution in [1.29, 1.82) is 0 Å². The molecule has 1 aromatic heterocycles. The van der Waals surface area contributed by atoms with Gasteiger partial charge in [-0.25, -0.2) is 0 Å². The van der Waals surface area contributed by atoms with Crippen LogP contribution in [0.25, 0.3) is 0 Å². The lowest BCUT2D eigenvalue weighted by Crippen LogP contribution is -2.23. The summed E-state index contributed by atoms with van der Waals surface area (Å²) < 4.78 is 1.09. The van der Waals surface area contributed by atoms with Gasteiger partial charge in [0, 0.05) is 17.3 Å². The molecule has 0 aliphatic rings. The second-order valence-electron chi connectivity index (χ2n) is 3.85. The monoisotopic (exact) mass is 304 g/mol. The van der Waals surface area contributed by atoms with Gasteiger partial charge < -0.3 is 11.1 Å². The number of thiophene rings is 1. The zero-order valence-electron chi connectivity index (χ0n) is 9.33. The van der Waals surface area contributed by atoms with Crippen LogP contribution in [0.2, 0.25) is 0 Å². The molecule has 0 aromatic carbocycles. The summed E-state index contributed by atoms with van der Waals surface area (Å²) in [4.78, 5) is 12.6. The Bertz CT molecular complexity index is 338. The molecule has 0 saturated carbocycles. The Morgan fingerprint density at radius 1 is 1.62 bits per heavy atom. The molecule has 1 rings (SSSR count). The number of hydrogen-bond donors (Lipinski definition) is 2. The van der Waals surface area contributed by atoms with Crippen LogP contribution < -0.4 is 11.1 Å². The number of amides is 1. The highest BCUT2D eigenvalue weighted by Crippen LogP contribution is 2.21. The van der Waals surface area contributed by atoms with Gasteiger partial charge in [-0.05, 0) is 47.8 Å². The Morgan fingerprint density at radius 2 is 2.38 bits per heavy atom. The van der Waals surface area contributed by atoms with Crippen molar-refractivity contribution >= 4 is 33.2 Å². The standard InChI is InChI=1S/C11H17BrN2OS/c1-8(13)3-2-4-11(15)14-7-9-5-6-10(12)16-9/h5-6,8H,2-4,7,13H2,1H3,(H,14,15). The van der Waals surface area contributed by atoms with E-state index in [9.17, 15) is 4.79 Å². The van der Waals surface area contributed by atoms with Crippen LogP contribution in [0.4, 0.5) is 0 Å². The van der Waals surface area contributed by atoms with E-state index >= 15 is 0 Å². The molecule has 1 aromatic rings. The van der Waals surface area contributed by atoms with Crippen LogP contribution in [-0.2, 0) is 11.3 Å². The van der Waals surface area contributed by atoms with Gasteiger partial charge in [-0.2, -0.15) is 0 Å². The minimum Gasteiger partial charge on any atom is -0.351 e. The maximum absolute atomic E-state index is 11.4. The van der Waals surface area contributed by atoms with Gasteiger partial charge in [-0.3, -0.25) is 4.79 Å². The minimum absolute atomic E-state index is 0.102. The second kappa shape index (κ2) is 7.04. The number of halogens is 1. The summed E-state index contributed by atoms with van der Waals surface area (Å²) in [7, 11) is 0. The topological polar surface area (TPSA) is 55.1 Å². The molecule has 0 aliphatic carbocycles. The van der Waals surface area contributed by atoms with Gasteiger partial charge in [-0.15, -0.1) is 11.3 Å². The summed E-state index contributed by atoms with van der Waals surface area (Å²) in [6, 6.07) is 4.18. The molecule has 0 spiro atoms. The van der Waals surface area contributed by atoms with Crippen molar-refractivity contribution in [3.63, 3.8) is 0 Å². The molecular weight excluding hydrogens is 288 g/mol. The molecule has 0 saturated heterocycles. The summed E-state index contributed by atoms with van der Waals surface area (Å²) in [5, 5.41) is 2.90. The molecule has 16 heavy (non-hydrogen) atoms. The van der Waals surface area contributed by atoms with Crippen molar-refractivity contribution in [2.24, 2.45) is 5.73 Å². The Kier molecular flexibility index (Phi) is 6.01. The molecular formula is C11H17BrN2OS. The van der Waals surface area contributed by atoms with Crippen LogP contribution >= 0.6 is 27.3 Å². The number of carbonyl (C=O) groups is 1. The molecule has 1 atom stereocenters. The number of nitrogens with two attached hydrogens (primary N) is 1. The first-order valence-corrected chi connectivity index (χ1v) is 6.95. The molecule has 3 nitrogen and oxygen atoms in total. The summed E-state index contributed by atoms with van der Waals surface area (Å²) in [6.45, 7) is 2.58. The zero-order chi connectivity index (χ0) is 12.0. The van der Waals surface area contributed by atoms with Crippen LogP contribution in [0.5, 0.6) is 0 Å². The fourth-order valence-corrected chi connectivity index (χ4v) is 2.73. The van der Waals surface area contributed by atoms with Crippen molar-refractivity contribution < 1.29 is 4.79 Å². The zero-order valence-corrected chi connectivity index (χ0v) is 11.7. The molecule has 0 aliphatic heterocycles. The molecule has 90 valence electrons. The van der Waals surface area contributed by atoms with Crippen molar-refractivity contribution in [2.75, 3.05) is 0 Å². The number of nitrogens with one attached hydrogen (secondary N) is 1. The molecule has 3 N–H and O–H groups in total. The Balaban J connectivity index is 2.15. The van der Waals surface area contributed by atoms with E-state index in [1.165, 1.54) is 0 Å². The highest BCUT2D eigenvalue weighted by Gasteiger charge is 2.03. The highest BCUT2D eigenvalue weighted by molar-refractivity contribution is 9.11. The van der Waals surface area contributed by atoms with Crippen molar-refractivity contribution in [3.05, 3.63) is 20.8 Å². The normalized spacial score (nSPS) is 12.4. The SMILES string of the molecule is CC(N)CCCC(=O)NCc1ccc(Br)s1. The summed E-state index contributed by atoms with van der Waals surface area (Å²) >= 11 is 5.03. The number of carbonyl (C=O) groups excluding carboxylic acids is 1. The quantitative estimate of drug-likeness (QED) is 0.849. The molecule has 1 heterocycles. The van der Waals surface area contributed by atoms with E-state index < -0.39 is 0 Å². The maximum atomic E-state index is 11.4. The van der Waals surface area contributed by atoms with Gasteiger partial charge >= 0.3 is 0 Å². The lowest BCUT2D eigenvalue weighted by atomic mass is 10.1. The fraction of sp³-hybridized carbons (Fsp3) is 0.545. The average Bonchev–Trinajstić information content (AvgIpc) is 2.61. The van der Waals surface area contributed by atoms with Gasteiger partial charge in [0.15, 0.2) is 0 Å². The predicted octanol–water partition coefficient (Wildman–Crippen LogP) is 2.64. The van der Waals surface area contributed by atoms with Gasteiger partial charge in [0.1, 0.15) is 0 Å². The van der Waals surface area contributed by atoms with E-state index in [0.29, 0.717) is 13.0 Å². The van der Waals surface area contributed by atoms with Crippen molar-refractivity contribution in [1.82, 2.24) is 5.32 Å². The first-order chi connectivity index (χ1) is 7.58. The number of rotatable bonds is 6. The maximum Gasteiger partial charge on any atom is 0.220 e. The van der Waals surface area contributed by atoms with Crippen molar-refractivity contribution in [3.8, 4) is 0 Å². The fourth-order valence-electron chi connectivity index (χ4n) is 1.31. The third-order valence-electron chi connectivity index (χ3n) is 2.15. The number of hydrogen-bond acceptors (Lipinski definition) is 3.